The zero-order chi connectivity index (χ0) is 18.3. The smallest absolute Gasteiger partial charge is 0.242 e. The molecule has 0 aromatic heterocycles. The first-order valence-corrected chi connectivity index (χ1v) is 9.71. The third-order valence-electron chi connectivity index (χ3n) is 4.01. The Morgan fingerprint density at radius 3 is 2.20 bits per heavy atom. The van der Waals surface area contributed by atoms with Gasteiger partial charge < -0.3 is 5.32 Å². The Kier molecular flexibility index (Phi) is 6.73. The second-order valence-corrected chi connectivity index (χ2v) is 7.99. The third-order valence-corrected chi connectivity index (χ3v) is 5.88. The van der Waals surface area contributed by atoms with Crippen LogP contribution in [0, 0.1) is 0 Å². The molecule has 6 heteroatoms. The molecule has 5 nitrogen and oxygen atoms in total. The van der Waals surface area contributed by atoms with Crippen molar-refractivity contribution >= 4 is 15.9 Å². The molecule has 1 N–H and O–H groups in total. The molecule has 0 fully saturated rings. The van der Waals surface area contributed by atoms with Crippen molar-refractivity contribution in [2.45, 2.75) is 30.7 Å². The van der Waals surface area contributed by atoms with E-state index in [1.54, 1.807) is 30.3 Å². The van der Waals surface area contributed by atoms with Crippen LogP contribution in [0.5, 0.6) is 0 Å². The van der Waals surface area contributed by atoms with Gasteiger partial charge in [-0.05, 0) is 31.0 Å². The Labute approximate surface area is 149 Å². The Hall–Kier alpha value is -2.18. The van der Waals surface area contributed by atoms with Crippen molar-refractivity contribution in [3.8, 4) is 0 Å². The summed E-state index contributed by atoms with van der Waals surface area (Å²) < 4.78 is 26.1. The number of carbonyl (C=O) groups excluding carboxylic acids is 1. The summed E-state index contributed by atoms with van der Waals surface area (Å²) in [4.78, 5) is 12.3. The minimum absolute atomic E-state index is 0.0699. The van der Waals surface area contributed by atoms with Gasteiger partial charge in [0.15, 0.2) is 0 Å². The van der Waals surface area contributed by atoms with E-state index in [4.69, 9.17) is 0 Å². The second-order valence-electron chi connectivity index (χ2n) is 5.94. The van der Waals surface area contributed by atoms with E-state index in [0.29, 0.717) is 13.0 Å². The van der Waals surface area contributed by atoms with E-state index in [1.165, 1.54) is 11.4 Å². The fourth-order valence-electron chi connectivity index (χ4n) is 2.49. The Bertz CT molecular complexity index is 777. The molecule has 0 spiro atoms. The lowest BCUT2D eigenvalue weighted by Crippen LogP contribution is -2.30. The first kappa shape index (κ1) is 19.1. The zero-order valence-electron chi connectivity index (χ0n) is 14.6. The van der Waals surface area contributed by atoms with Gasteiger partial charge in [0.05, 0.1) is 10.9 Å². The van der Waals surface area contributed by atoms with Crippen LogP contribution in [-0.4, -0.2) is 32.2 Å². The van der Waals surface area contributed by atoms with Gasteiger partial charge in [-0.3, -0.25) is 4.79 Å². The van der Waals surface area contributed by atoms with Crippen molar-refractivity contribution < 1.29 is 13.2 Å². The van der Waals surface area contributed by atoms with Crippen LogP contribution in [0.3, 0.4) is 0 Å². The number of sulfonamides is 1. The monoisotopic (exact) mass is 360 g/mol. The summed E-state index contributed by atoms with van der Waals surface area (Å²) in [6.07, 6.45) is 0.752. The summed E-state index contributed by atoms with van der Waals surface area (Å²) in [5, 5.41) is 2.93. The lowest BCUT2D eigenvalue weighted by atomic mass is 10.1. The van der Waals surface area contributed by atoms with Crippen molar-refractivity contribution in [1.29, 1.82) is 0 Å². The van der Waals surface area contributed by atoms with Crippen molar-refractivity contribution in [2.24, 2.45) is 0 Å². The average molecular weight is 360 g/mol. The Morgan fingerprint density at radius 1 is 1.04 bits per heavy atom. The maximum Gasteiger partial charge on any atom is 0.242 e. The van der Waals surface area contributed by atoms with Crippen LogP contribution in [0.25, 0.3) is 0 Å². The van der Waals surface area contributed by atoms with Gasteiger partial charge in [0.25, 0.3) is 0 Å². The first-order chi connectivity index (χ1) is 11.9. The van der Waals surface area contributed by atoms with E-state index >= 15 is 0 Å². The van der Waals surface area contributed by atoms with Gasteiger partial charge in [-0.15, -0.1) is 0 Å². The molecule has 2 rings (SSSR count). The lowest BCUT2D eigenvalue weighted by Gasteiger charge is -2.18. The van der Waals surface area contributed by atoms with Crippen molar-refractivity contribution in [3.63, 3.8) is 0 Å². The molecule has 0 aliphatic heterocycles. The molecule has 0 aliphatic carbocycles. The first-order valence-electron chi connectivity index (χ1n) is 8.27. The van der Waals surface area contributed by atoms with Crippen molar-refractivity contribution in [3.05, 3.63) is 66.2 Å². The number of benzene rings is 2. The summed E-state index contributed by atoms with van der Waals surface area (Å²) in [5.74, 6) is -0.0816. The van der Waals surface area contributed by atoms with Gasteiger partial charge in [0, 0.05) is 20.0 Å². The quantitative estimate of drug-likeness (QED) is 0.787. The molecule has 0 radical (unpaired) electrons. The van der Waals surface area contributed by atoms with E-state index in [0.717, 1.165) is 5.56 Å². The summed E-state index contributed by atoms with van der Waals surface area (Å²) >= 11 is 0. The molecule has 1 atom stereocenters. The van der Waals surface area contributed by atoms with Gasteiger partial charge in [0.1, 0.15) is 0 Å². The lowest BCUT2D eigenvalue weighted by molar-refractivity contribution is -0.121. The number of hydrogen-bond acceptors (Lipinski definition) is 3. The summed E-state index contributed by atoms with van der Waals surface area (Å²) in [6, 6.07) is 18.0. The van der Waals surface area contributed by atoms with Gasteiger partial charge in [-0.2, -0.15) is 0 Å². The molecule has 1 unspecified atom stereocenters. The SMILES string of the molecule is CC(NC(=O)CCCN(C)S(=O)(=O)c1ccccc1)c1ccccc1. The minimum Gasteiger partial charge on any atom is -0.350 e. The molecular formula is C19H24N2O3S. The highest BCUT2D eigenvalue weighted by atomic mass is 32.2. The highest BCUT2D eigenvalue weighted by molar-refractivity contribution is 7.89. The molecule has 25 heavy (non-hydrogen) atoms. The van der Waals surface area contributed by atoms with E-state index in [9.17, 15) is 13.2 Å². The standard InChI is InChI=1S/C19H24N2O3S/c1-16(17-10-5-3-6-11-17)20-19(22)14-9-15-21(2)25(23,24)18-12-7-4-8-13-18/h3-8,10-13,16H,9,14-15H2,1-2H3,(H,20,22). The summed E-state index contributed by atoms with van der Waals surface area (Å²) in [7, 11) is -1.97. The summed E-state index contributed by atoms with van der Waals surface area (Å²) in [5.41, 5.74) is 1.04. The molecule has 0 aliphatic rings. The number of amides is 1. The molecule has 0 saturated heterocycles. The normalized spacial score (nSPS) is 12.8. The fourth-order valence-corrected chi connectivity index (χ4v) is 3.72. The zero-order valence-corrected chi connectivity index (χ0v) is 15.4. The highest BCUT2D eigenvalue weighted by Gasteiger charge is 2.20. The molecule has 0 bridgehead atoms. The fraction of sp³-hybridized carbons (Fsp3) is 0.316. The van der Waals surface area contributed by atoms with Crippen LogP contribution in [0.15, 0.2) is 65.6 Å². The maximum absolute atomic E-state index is 12.4. The predicted molar refractivity (Wildman–Crippen MR) is 98.5 cm³/mol. The van der Waals surface area contributed by atoms with Crippen LogP contribution in [0.2, 0.25) is 0 Å². The molecule has 2 aromatic rings. The molecule has 134 valence electrons. The van der Waals surface area contributed by atoms with Crippen molar-refractivity contribution in [1.82, 2.24) is 9.62 Å². The largest absolute Gasteiger partial charge is 0.350 e. The number of hydrogen-bond donors (Lipinski definition) is 1. The van der Waals surface area contributed by atoms with E-state index in [-0.39, 0.29) is 23.3 Å². The van der Waals surface area contributed by atoms with Gasteiger partial charge >= 0.3 is 0 Å². The Balaban J connectivity index is 1.81. The Morgan fingerprint density at radius 2 is 1.60 bits per heavy atom. The molecule has 2 aromatic carbocycles. The van der Waals surface area contributed by atoms with Crippen LogP contribution in [0.4, 0.5) is 0 Å². The van der Waals surface area contributed by atoms with Gasteiger partial charge in [-0.1, -0.05) is 48.5 Å². The summed E-state index contributed by atoms with van der Waals surface area (Å²) in [6.45, 7) is 2.23. The topological polar surface area (TPSA) is 66.5 Å². The van der Waals surface area contributed by atoms with Gasteiger partial charge in [0.2, 0.25) is 15.9 Å². The van der Waals surface area contributed by atoms with Crippen LogP contribution >= 0.6 is 0 Å². The number of nitrogens with zero attached hydrogens (tertiary/aromatic N) is 1. The molecule has 0 heterocycles. The second kappa shape index (κ2) is 8.78. The molecule has 0 saturated carbocycles. The van der Waals surface area contributed by atoms with Crippen LogP contribution in [-0.2, 0) is 14.8 Å². The molecule has 1 amide bonds. The maximum atomic E-state index is 12.4. The van der Waals surface area contributed by atoms with E-state index in [2.05, 4.69) is 5.32 Å². The van der Waals surface area contributed by atoms with E-state index < -0.39 is 10.0 Å². The molecular weight excluding hydrogens is 336 g/mol. The number of carbonyl (C=O) groups is 1. The third kappa shape index (κ3) is 5.41. The number of rotatable bonds is 8. The van der Waals surface area contributed by atoms with Crippen LogP contribution in [0.1, 0.15) is 31.4 Å². The predicted octanol–water partition coefficient (Wildman–Crippen LogP) is 2.96. The average Bonchev–Trinajstić information content (AvgIpc) is 2.63. The van der Waals surface area contributed by atoms with Gasteiger partial charge in [-0.25, -0.2) is 12.7 Å². The van der Waals surface area contributed by atoms with Crippen LogP contribution < -0.4 is 5.32 Å². The highest BCUT2D eigenvalue weighted by Crippen LogP contribution is 2.14. The number of nitrogens with one attached hydrogen (secondary N) is 1. The van der Waals surface area contributed by atoms with E-state index in [1.807, 2.05) is 37.3 Å². The minimum atomic E-state index is -3.50. The van der Waals surface area contributed by atoms with Crippen molar-refractivity contribution in [2.75, 3.05) is 13.6 Å².